The van der Waals surface area contributed by atoms with Crippen molar-refractivity contribution in [3.8, 4) is 5.75 Å². The van der Waals surface area contributed by atoms with E-state index in [1.165, 1.54) is 36.7 Å². The molecule has 0 spiro atoms. The van der Waals surface area contributed by atoms with Gasteiger partial charge in [0, 0.05) is 24.5 Å². The summed E-state index contributed by atoms with van der Waals surface area (Å²) in [5.41, 5.74) is 3.53. The van der Waals surface area contributed by atoms with Gasteiger partial charge in [-0.15, -0.1) is 0 Å². The van der Waals surface area contributed by atoms with E-state index in [1.54, 1.807) is 42.6 Å². The van der Waals surface area contributed by atoms with Crippen molar-refractivity contribution in [2.75, 3.05) is 0 Å². The molecule has 0 aliphatic carbocycles. The molecular weight excluding hydrogens is 376 g/mol. The van der Waals surface area contributed by atoms with Crippen LogP contribution >= 0.6 is 0 Å². The molecule has 0 saturated heterocycles. The van der Waals surface area contributed by atoms with Gasteiger partial charge in [0.25, 0.3) is 11.6 Å². The van der Waals surface area contributed by atoms with E-state index in [0.29, 0.717) is 16.9 Å². The first kappa shape index (κ1) is 19.4. The van der Waals surface area contributed by atoms with Crippen LogP contribution in [-0.2, 0) is 0 Å². The molecule has 1 N–H and O–H groups in total. The summed E-state index contributed by atoms with van der Waals surface area (Å²) < 4.78 is 5.23. The molecule has 9 heteroatoms. The van der Waals surface area contributed by atoms with E-state index in [-0.39, 0.29) is 17.2 Å². The molecule has 0 saturated carbocycles. The number of nitro groups is 1. The molecule has 1 aromatic heterocycles. The Labute approximate surface area is 164 Å². The Balaban J connectivity index is 1.56. The van der Waals surface area contributed by atoms with Gasteiger partial charge < -0.3 is 4.74 Å². The Morgan fingerprint density at radius 3 is 2.38 bits per heavy atom. The molecule has 2 aromatic carbocycles. The van der Waals surface area contributed by atoms with E-state index in [0.717, 1.165) is 0 Å². The molecule has 3 rings (SSSR count). The Morgan fingerprint density at radius 2 is 1.76 bits per heavy atom. The zero-order valence-electron chi connectivity index (χ0n) is 14.9. The molecule has 0 atom stereocenters. The summed E-state index contributed by atoms with van der Waals surface area (Å²) in [4.78, 5) is 37.9. The second-order valence-electron chi connectivity index (χ2n) is 5.70. The zero-order valence-corrected chi connectivity index (χ0v) is 14.9. The number of nitrogens with zero attached hydrogens (tertiary/aromatic N) is 3. The zero-order chi connectivity index (χ0) is 20.6. The number of amides is 1. The van der Waals surface area contributed by atoms with Gasteiger partial charge in [-0.05, 0) is 54.1 Å². The highest BCUT2D eigenvalue weighted by atomic mass is 16.6. The summed E-state index contributed by atoms with van der Waals surface area (Å²) in [5, 5.41) is 14.5. The fraction of sp³-hybridized carbons (Fsp3) is 0. The van der Waals surface area contributed by atoms with Crippen LogP contribution in [-0.4, -0.2) is 28.0 Å². The minimum atomic E-state index is -0.634. The molecule has 0 radical (unpaired) electrons. The predicted octanol–water partition coefficient (Wildman–Crippen LogP) is 2.97. The molecule has 0 fully saturated rings. The average Bonchev–Trinajstić information content (AvgIpc) is 2.75. The summed E-state index contributed by atoms with van der Waals surface area (Å²) >= 11 is 0. The predicted molar refractivity (Wildman–Crippen MR) is 104 cm³/mol. The molecule has 144 valence electrons. The number of hydrogen-bond acceptors (Lipinski definition) is 7. The van der Waals surface area contributed by atoms with Crippen molar-refractivity contribution in [2.45, 2.75) is 0 Å². The maximum Gasteiger partial charge on any atom is 0.343 e. The monoisotopic (exact) mass is 390 g/mol. The van der Waals surface area contributed by atoms with E-state index < -0.39 is 10.9 Å². The number of carbonyl (C=O) groups is 2. The first-order valence-corrected chi connectivity index (χ1v) is 8.33. The van der Waals surface area contributed by atoms with Crippen LogP contribution in [0.1, 0.15) is 26.3 Å². The molecule has 1 heterocycles. The van der Waals surface area contributed by atoms with E-state index in [2.05, 4.69) is 15.5 Å². The third kappa shape index (κ3) is 5.30. The smallest absolute Gasteiger partial charge is 0.343 e. The summed E-state index contributed by atoms with van der Waals surface area (Å²) in [6.07, 6.45) is 4.44. The number of esters is 1. The number of rotatable bonds is 6. The quantitative estimate of drug-likeness (QED) is 0.227. The lowest BCUT2D eigenvalue weighted by Crippen LogP contribution is -2.17. The molecule has 0 unspecified atom stereocenters. The van der Waals surface area contributed by atoms with Gasteiger partial charge in [-0.3, -0.25) is 19.9 Å². The van der Waals surface area contributed by atoms with Gasteiger partial charge in [-0.2, -0.15) is 5.10 Å². The molecule has 1 amide bonds. The van der Waals surface area contributed by atoms with Gasteiger partial charge >= 0.3 is 5.97 Å². The fourth-order valence-corrected chi connectivity index (χ4v) is 2.23. The number of non-ortho nitro benzene ring substituents is 1. The van der Waals surface area contributed by atoms with Gasteiger partial charge in [-0.25, -0.2) is 10.2 Å². The second kappa shape index (κ2) is 9.00. The number of ether oxygens (including phenoxy) is 1. The lowest BCUT2D eigenvalue weighted by molar-refractivity contribution is -0.384. The number of pyridine rings is 1. The van der Waals surface area contributed by atoms with Gasteiger partial charge in [-0.1, -0.05) is 0 Å². The van der Waals surface area contributed by atoms with Crippen LogP contribution in [0.15, 0.2) is 78.2 Å². The molecular formula is C20H14N4O5. The summed E-state index contributed by atoms with van der Waals surface area (Å²) in [7, 11) is 0. The third-order valence-electron chi connectivity index (χ3n) is 3.71. The van der Waals surface area contributed by atoms with Crippen molar-refractivity contribution in [1.29, 1.82) is 0 Å². The average molecular weight is 390 g/mol. The van der Waals surface area contributed by atoms with Crippen molar-refractivity contribution in [2.24, 2.45) is 5.10 Å². The van der Waals surface area contributed by atoms with E-state index >= 15 is 0 Å². The van der Waals surface area contributed by atoms with Crippen LogP contribution in [0.3, 0.4) is 0 Å². The van der Waals surface area contributed by atoms with Crippen molar-refractivity contribution >= 4 is 23.8 Å². The Kier molecular flexibility index (Phi) is 6.01. The van der Waals surface area contributed by atoms with Gasteiger partial charge in [0.15, 0.2) is 0 Å². The lowest BCUT2D eigenvalue weighted by atomic mass is 10.2. The van der Waals surface area contributed by atoms with E-state index in [1.807, 2.05) is 0 Å². The Morgan fingerprint density at radius 1 is 1.03 bits per heavy atom. The van der Waals surface area contributed by atoms with Gasteiger partial charge in [0.05, 0.1) is 22.3 Å². The van der Waals surface area contributed by atoms with Gasteiger partial charge in [0.1, 0.15) is 5.75 Å². The summed E-state index contributed by atoms with van der Waals surface area (Å²) in [6, 6.07) is 14.8. The number of nitrogens with one attached hydrogen (secondary N) is 1. The highest BCUT2D eigenvalue weighted by Gasteiger charge is 2.11. The highest BCUT2D eigenvalue weighted by molar-refractivity contribution is 5.94. The second-order valence-corrected chi connectivity index (χ2v) is 5.70. The number of aromatic nitrogens is 1. The summed E-state index contributed by atoms with van der Waals surface area (Å²) in [5.74, 6) is -0.724. The van der Waals surface area contributed by atoms with Crippen molar-refractivity contribution < 1.29 is 19.2 Å². The van der Waals surface area contributed by atoms with Crippen LogP contribution < -0.4 is 10.2 Å². The Bertz CT molecular complexity index is 1050. The van der Waals surface area contributed by atoms with Crippen LogP contribution in [0.25, 0.3) is 0 Å². The molecule has 0 aliphatic heterocycles. The van der Waals surface area contributed by atoms with Crippen molar-refractivity contribution in [3.63, 3.8) is 0 Å². The third-order valence-corrected chi connectivity index (χ3v) is 3.71. The van der Waals surface area contributed by atoms with Gasteiger partial charge in [0.2, 0.25) is 0 Å². The molecule has 9 nitrogen and oxygen atoms in total. The minimum absolute atomic E-state index is 0.110. The molecule has 0 bridgehead atoms. The van der Waals surface area contributed by atoms with E-state index in [9.17, 15) is 19.7 Å². The molecule has 29 heavy (non-hydrogen) atoms. The van der Waals surface area contributed by atoms with Crippen LogP contribution in [0.2, 0.25) is 0 Å². The number of hydrogen-bond donors (Lipinski definition) is 1. The number of carbonyl (C=O) groups excluding carboxylic acids is 2. The van der Waals surface area contributed by atoms with Crippen molar-refractivity contribution in [1.82, 2.24) is 10.4 Å². The minimum Gasteiger partial charge on any atom is -0.423 e. The largest absolute Gasteiger partial charge is 0.423 e. The van der Waals surface area contributed by atoms with Crippen molar-refractivity contribution in [3.05, 3.63) is 99.9 Å². The maximum absolute atomic E-state index is 12.1. The highest BCUT2D eigenvalue weighted by Crippen LogP contribution is 2.16. The fourth-order valence-electron chi connectivity index (χ4n) is 2.23. The number of hydrazone groups is 1. The Hall–Kier alpha value is -4.40. The van der Waals surface area contributed by atoms with Crippen LogP contribution in [0, 0.1) is 10.1 Å². The van der Waals surface area contributed by atoms with Crippen LogP contribution in [0.5, 0.6) is 5.75 Å². The first-order chi connectivity index (χ1) is 14.0. The normalized spacial score (nSPS) is 10.5. The van der Waals surface area contributed by atoms with Crippen LogP contribution in [0.4, 0.5) is 5.69 Å². The topological polar surface area (TPSA) is 124 Å². The molecule has 3 aromatic rings. The molecule has 0 aliphatic rings. The SMILES string of the molecule is O=C(N/N=C/c1ccc(OC(=O)c2ccc([N+](=O)[O-])cc2)cc1)c1cccnc1. The maximum atomic E-state index is 12.1. The number of nitro benzene ring substituents is 1. The number of benzene rings is 2. The van der Waals surface area contributed by atoms with E-state index in [4.69, 9.17) is 4.74 Å². The summed E-state index contributed by atoms with van der Waals surface area (Å²) in [6.45, 7) is 0. The standard InChI is InChI=1S/C20H14N4O5/c25-19(16-2-1-11-21-13-16)23-22-12-14-3-9-18(10-4-14)29-20(26)15-5-7-17(8-6-15)24(27)28/h1-13H,(H,23,25)/b22-12+. The first-order valence-electron chi connectivity index (χ1n) is 8.33. The lowest BCUT2D eigenvalue weighted by Gasteiger charge is -2.04.